The van der Waals surface area contributed by atoms with Crippen molar-refractivity contribution >= 4 is 5.91 Å². The van der Waals surface area contributed by atoms with Gasteiger partial charge in [0.05, 0.1) is 24.8 Å². The van der Waals surface area contributed by atoms with E-state index in [1.807, 2.05) is 0 Å². The summed E-state index contributed by atoms with van der Waals surface area (Å²) in [6.45, 7) is 2.87. The molecular formula is C17H19FN2O3. The van der Waals surface area contributed by atoms with E-state index in [0.29, 0.717) is 38.9 Å². The third-order valence-corrected chi connectivity index (χ3v) is 4.61. The maximum atomic E-state index is 13.9. The third-order valence-electron chi connectivity index (χ3n) is 4.61. The smallest absolute Gasteiger partial charge is 0.255 e. The lowest BCUT2D eigenvalue weighted by Crippen LogP contribution is -2.53. The van der Waals surface area contributed by atoms with E-state index in [1.54, 1.807) is 13.0 Å². The summed E-state index contributed by atoms with van der Waals surface area (Å²) in [7, 11) is 0. The third kappa shape index (κ3) is 3.07. The van der Waals surface area contributed by atoms with E-state index in [4.69, 9.17) is 9.47 Å². The second-order valence-corrected chi connectivity index (χ2v) is 6.24. The Morgan fingerprint density at radius 3 is 2.48 bits per heavy atom. The van der Waals surface area contributed by atoms with Gasteiger partial charge in [0.2, 0.25) is 0 Å². The van der Waals surface area contributed by atoms with Gasteiger partial charge < -0.3 is 14.8 Å². The van der Waals surface area contributed by atoms with Crippen molar-refractivity contribution in [2.24, 2.45) is 0 Å². The van der Waals surface area contributed by atoms with E-state index < -0.39 is 23.1 Å². The number of ether oxygens (including phenoxy) is 2. The molecule has 0 unspecified atom stereocenters. The van der Waals surface area contributed by atoms with Crippen LogP contribution in [0.3, 0.4) is 0 Å². The SMILES string of the molecule is Cc1ccc(C(=O)NC2(C#N)CCC3(CC2)OCCO3)c(F)c1. The zero-order valence-electron chi connectivity index (χ0n) is 13.0. The molecule has 3 rings (SSSR count). The van der Waals surface area contributed by atoms with Gasteiger partial charge in [-0.2, -0.15) is 5.26 Å². The molecule has 0 bridgehead atoms. The van der Waals surface area contributed by atoms with Crippen LogP contribution in [0, 0.1) is 24.1 Å². The van der Waals surface area contributed by atoms with Crippen LogP contribution in [0.1, 0.15) is 41.6 Å². The number of halogens is 1. The Hall–Kier alpha value is -1.97. The van der Waals surface area contributed by atoms with Crippen molar-refractivity contribution in [3.8, 4) is 6.07 Å². The molecule has 122 valence electrons. The normalized spacial score (nSPS) is 21.8. The van der Waals surface area contributed by atoms with Crippen molar-refractivity contribution < 1.29 is 18.7 Å². The van der Waals surface area contributed by atoms with Crippen LogP contribution >= 0.6 is 0 Å². The van der Waals surface area contributed by atoms with E-state index in [2.05, 4.69) is 11.4 Å². The fourth-order valence-corrected chi connectivity index (χ4v) is 3.20. The molecule has 1 N–H and O–H groups in total. The van der Waals surface area contributed by atoms with Gasteiger partial charge in [-0.25, -0.2) is 4.39 Å². The van der Waals surface area contributed by atoms with Crippen molar-refractivity contribution in [3.05, 3.63) is 35.1 Å². The highest BCUT2D eigenvalue weighted by atomic mass is 19.1. The number of amides is 1. The molecule has 23 heavy (non-hydrogen) atoms. The van der Waals surface area contributed by atoms with E-state index in [1.165, 1.54) is 12.1 Å². The molecule has 1 aromatic carbocycles. The molecule has 0 radical (unpaired) electrons. The summed E-state index contributed by atoms with van der Waals surface area (Å²) in [4.78, 5) is 12.4. The van der Waals surface area contributed by atoms with Gasteiger partial charge in [0, 0.05) is 12.8 Å². The minimum absolute atomic E-state index is 0.0427. The first-order valence-corrected chi connectivity index (χ1v) is 7.75. The highest BCUT2D eigenvalue weighted by Crippen LogP contribution is 2.40. The lowest BCUT2D eigenvalue weighted by molar-refractivity contribution is -0.182. The second kappa shape index (κ2) is 5.91. The fourth-order valence-electron chi connectivity index (χ4n) is 3.20. The van der Waals surface area contributed by atoms with E-state index in [-0.39, 0.29) is 5.56 Å². The number of nitriles is 1. The van der Waals surface area contributed by atoms with Gasteiger partial charge >= 0.3 is 0 Å². The summed E-state index contributed by atoms with van der Waals surface area (Å²) in [6, 6.07) is 6.62. The molecule has 5 nitrogen and oxygen atoms in total. The highest BCUT2D eigenvalue weighted by molar-refractivity contribution is 5.95. The molecule has 1 heterocycles. The molecule has 1 spiro atoms. The summed E-state index contributed by atoms with van der Waals surface area (Å²) in [5.74, 6) is -1.75. The van der Waals surface area contributed by atoms with Crippen LogP contribution in [0.25, 0.3) is 0 Å². The Morgan fingerprint density at radius 1 is 1.26 bits per heavy atom. The molecule has 1 saturated heterocycles. The van der Waals surface area contributed by atoms with Crippen molar-refractivity contribution in [1.29, 1.82) is 5.26 Å². The molecule has 1 aliphatic carbocycles. The van der Waals surface area contributed by atoms with Crippen molar-refractivity contribution in [3.63, 3.8) is 0 Å². The predicted octanol–water partition coefficient (Wildman–Crippen LogP) is 2.44. The number of benzene rings is 1. The molecule has 1 amide bonds. The quantitative estimate of drug-likeness (QED) is 0.909. The number of carbonyl (C=O) groups is 1. The molecule has 1 saturated carbocycles. The molecular weight excluding hydrogens is 299 g/mol. The summed E-state index contributed by atoms with van der Waals surface area (Å²) in [5, 5.41) is 12.3. The number of rotatable bonds is 2. The Labute approximate surface area is 134 Å². The maximum absolute atomic E-state index is 13.9. The number of nitrogens with zero attached hydrogens (tertiary/aromatic N) is 1. The Morgan fingerprint density at radius 2 is 1.91 bits per heavy atom. The van der Waals surface area contributed by atoms with Gasteiger partial charge in [0.1, 0.15) is 11.4 Å². The number of hydrogen-bond acceptors (Lipinski definition) is 4. The van der Waals surface area contributed by atoms with Gasteiger partial charge in [-0.1, -0.05) is 6.07 Å². The summed E-state index contributed by atoms with van der Waals surface area (Å²) < 4.78 is 25.2. The van der Waals surface area contributed by atoms with Crippen molar-refractivity contribution in [1.82, 2.24) is 5.32 Å². The molecule has 0 atom stereocenters. The Balaban J connectivity index is 1.72. The van der Waals surface area contributed by atoms with E-state index in [0.717, 1.165) is 5.56 Å². The van der Waals surface area contributed by atoms with Crippen molar-refractivity contribution in [2.45, 2.75) is 43.9 Å². The first-order chi connectivity index (χ1) is 11.0. The van der Waals surface area contributed by atoms with Gasteiger partial charge in [-0.05, 0) is 37.5 Å². The second-order valence-electron chi connectivity index (χ2n) is 6.24. The van der Waals surface area contributed by atoms with Crippen LogP contribution in [0.4, 0.5) is 4.39 Å². The van der Waals surface area contributed by atoms with Crippen LogP contribution in [0.2, 0.25) is 0 Å². The van der Waals surface area contributed by atoms with Gasteiger partial charge in [0.25, 0.3) is 5.91 Å². The number of hydrogen-bond donors (Lipinski definition) is 1. The topological polar surface area (TPSA) is 71.4 Å². The highest BCUT2D eigenvalue weighted by Gasteiger charge is 2.47. The fraction of sp³-hybridized carbons (Fsp3) is 0.529. The number of carbonyl (C=O) groups excluding carboxylic acids is 1. The van der Waals surface area contributed by atoms with Crippen LogP contribution in [0.5, 0.6) is 0 Å². The molecule has 0 aromatic heterocycles. The minimum atomic E-state index is -1.00. The van der Waals surface area contributed by atoms with Crippen LogP contribution in [-0.4, -0.2) is 30.4 Å². The van der Waals surface area contributed by atoms with Crippen molar-refractivity contribution in [2.75, 3.05) is 13.2 Å². The first kappa shape index (κ1) is 15.9. The summed E-state index contributed by atoms with van der Waals surface area (Å²) in [6.07, 6.45) is 1.92. The average molecular weight is 318 g/mol. The molecule has 1 aromatic rings. The lowest BCUT2D eigenvalue weighted by atomic mass is 9.79. The van der Waals surface area contributed by atoms with E-state index in [9.17, 15) is 14.4 Å². The van der Waals surface area contributed by atoms with Crippen LogP contribution in [0.15, 0.2) is 18.2 Å². The monoisotopic (exact) mass is 318 g/mol. The van der Waals surface area contributed by atoms with Crippen LogP contribution in [-0.2, 0) is 9.47 Å². The Kier molecular flexibility index (Phi) is 4.09. The van der Waals surface area contributed by atoms with Crippen LogP contribution < -0.4 is 5.32 Å². The number of nitrogens with one attached hydrogen (secondary N) is 1. The first-order valence-electron chi connectivity index (χ1n) is 7.75. The Bertz CT molecular complexity index is 652. The zero-order valence-corrected chi connectivity index (χ0v) is 13.0. The lowest BCUT2D eigenvalue weighted by Gasteiger charge is -2.40. The molecule has 2 aliphatic rings. The standard InChI is InChI=1S/C17H19FN2O3/c1-12-2-3-13(14(18)10-12)15(21)20-16(11-19)4-6-17(7-5-16)22-8-9-23-17/h2-3,10H,4-9H2,1H3,(H,20,21). The minimum Gasteiger partial charge on any atom is -0.348 e. The number of aryl methyl sites for hydroxylation is 1. The zero-order chi connectivity index (χ0) is 16.5. The predicted molar refractivity (Wildman–Crippen MR) is 80.1 cm³/mol. The van der Waals surface area contributed by atoms with Gasteiger partial charge in [-0.3, -0.25) is 4.79 Å². The molecule has 1 aliphatic heterocycles. The van der Waals surface area contributed by atoms with Gasteiger partial charge in [-0.15, -0.1) is 0 Å². The molecule has 2 fully saturated rings. The largest absolute Gasteiger partial charge is 0.348 e. The average Bonchev–Trinajstić information content (AvgIpc) is 2.98. The van der Waals surface area contributed by atoms with E-state index >= 15 is 0 Å². The van der Waals surface area contributed by atoms with Gasteiger partial charge in [0.15, 0.2) is 5.79 Å². The summed E-state index contributed by atoms with van der Waals surface area (Å²) in [5.41, 5.74) is -0.308. The molecule has 6 heteroatoms. The maximum Gasteiger partial charge on any atom is 0.255 e. The summed E-state index contributed by atoms with van der Waals surface area (Å²) >= 11 is 0.